The molecule has 0 aliphatic heterocycles. The first-order valence-electron chi connectivity index (χ1n) is 13.5. The Kier molecular flexibility index (Phi) is 7.48. The fraction of sp³-hybridized carbons (Fsp3) is 0.364. The number of ether oxygens (including phenoxy) is 2. The van der Waals surface area contributed by atoms with Crippen molar-refractivity contribution < 1.29 is 28.2 Å². The molecule has 6 heteroatoms. The highest BCUT2D eigenvalue weighted by Gasteiger charge is 2.34. The number of benzene rings is 3. The van der Waals surface area contributed by atoms with E-state index >= 15 is 8.78 Å². The van der Waals surface area contributed by atoms with Crippen LogP contribution >= 0.6 is 0 Å². The van der Waals surface area contributed by atoms with Crippen LogP contribution in [0.3, 0.4) is 0 Å². The summed E-state index contributed by atoms with van der Waals surface area (Å²) in [6.45, 7) is 4.29. The molecule has 3 aromatic rings. The number of rotatable bonds is 10. The lowest BCUT2D eigenvalue weighted by atomic mass is 9.79. The van der Waals surface area contributed by atoms with Crippen LogP contribution in [0.1, 0.15) is 68.6 Å². The van der Waals surface area contributed by atoms with Gasteiger partial charge in [0.25, 0.3) is 0 Å². The van der Waals surface area contributed by atoms with Gasteiger partial charge in [-0.3, -0.25) is 4.79 Å². The third kappa shape index (κ3) is 5.85. The van der Waals surface area contributed by atoms with E-state index in [1.165, 1.54) is 19.2 Å². The lowest BCUT2D eigenvalue weighted by molar-refractivity contribution is -0.137. The molecule has 2 aliphatic rings. The van der Waals surface area contributed by atoms with Crippen molar-refractivity contribution in [3.05, 3.63) is 89.0 Å². The molecule has 0 radical (unpaired) electrons. The van der Waals surface area contributed by atoms with Crippen LogP contribution in [0, 0.1) is 23.0 Å². The summed E-state index contributed by atoms with van der Waals surface area (Å²) >= 11 is 0. The summed E-state index contributed by atoms with van der Waals surface area (Å²) in [5.41, 5.74) is 3.78. The second-order valence-corrected chi connectivity index (χ2v) is 11.3. The van der Waals surface area contributed by atoms with Crippen LogP contribution in [0.15, 0.2) is 60.7 Å². The van der Waals surface area contributed by atoms with Crippen molar-refractivity contribution in [1.29, 1.82) is 0 Å². The van der Waals surface area contributed by atoms with E-state index < -0.39 is 17.6 Å². The smallest absolute Gasteiger partial charge is 0.303 e. The Bertz CT molecular complexity index is 1420. The highest BCUT2D eigenvalue weighted by Crippen LogP contribution is 2.48. The van der Waals surface area contributed by atoms with Gasteiger partial charge in [0.1, 0.15) is 29.7 Å². The molecule has 1 atom stereocenters. The van der Waals surface area contributed by atoms with Crippen molar-refractivity contribution in [1.82, 2.24) is 0 Å². The number of hydrogen-bond donors (Lipinski definition) is 1. The van der Waals surface area contributed by atoms with Crippen molar-refractivity contribution in [3.8, 4) is 22.6 Å². The molecule has 1 saturated carbocycles. The first-order valence-corrected chi connectivity index (χ1v) is 13.5. The minimum atomic E-state index is -0.815. The van der Waals surface area contributed by atoms with Crippen LogP contribution in [0.4, 0.5) is 8.78 Å². The van der Waals surface area contributed by atoms with Gasteiger partial charge >= 0.3 is 5.97 Å². The Morgan fingerprint density at radius 2 is 1.79 bits per heavy atom. The lowest BCUT2D eigenvalue weighted by Gasteiger charge is -2.26. The Hall–Kier alpha value is -3.67. The summed E-state index contributed by atoms with van der Waals surface area (Å²) in [4.78, 5) is 11.4. The quantitative estimate of drug-likeness (QED) is 0.285. The second-order valence-electron chi connectivity index (χ2n) is 11.3. The molecule has 0 bridgehead atoms. The number of aliphatic carboxylic acids is 1. The molecule has 0 aromatic heterocycles. The zero-order valence-electron chi connectivity index (χ0n) is 22.6. The Morgan fingerprint density at radius 3 is 2.46 bits per heavy atom. The maximum absolute atomic E-state index is 15.6. The fourth-order valence-electron chi connectivity index (χ4n) is 5.71. The van der Waals surface area contributed by atoms with E-state index in [-0.39, 0.29) is 29.9 Å². The van der Waals surface area contributed by atoms with Crippen molar-refractivity contribution in [2.75, 3.05) is 7.11 Å². The maximum atomic E-state index is 15.6. The molecular weight excluding hydrogens is 498 g/mol. The van der Waals surface area contributed by atoms with Crippen LogP contribution in [-0.2, 0) is 11.4 Å². The van der Waals surface area contributed by atoms with Crippen LogP contribution in [0.2, 0.25) is 0 Å². The summed E-state index contributed by atoms with van der Waals surface area (Å²) in [5.74, 6) is -0.355. The van der Waals surface area contributed by atoms with Crippen LogP contribution < -0.4 is 9.47 Å². The van der Waals surface area contributed by atoms with Crippen LogP contribution in [-0.4, -0.2) is 18.2 Å². The van der Waals surface area contributed by atoms with E-state index in [0.717, 1.165) is 42.4 Å². The molecule has 0 spiro atoms. The largest absolute Gasteiger partial charge is 0.497 e. The average Bonchev–Trinajstić information content (AvgIpc) is 3.69. The highest BCUT2D eigenvalue weighted by molar-refractivity contribution is 5.85. The first-order chi connectivity index (χ1) is 18.7. The Balaban J connectivity index is 1.48. The molecule has 1 N–H and O–H groups in total. The summed E-state index contributed by atoms with van der Waals surface area (Å²) < 4.78 is 42.0. The van der Waals surface area contributed by atoms with Crippen molar-refractivity contribution in [2.24, 2.45) is 11.3 Å². The van der Waals surface area contributed by atoms with Gasteiger partial charge in [-0.2, -0.15) is 0 Å². The van der Waals surface area contributed by atoms with Gasteiger partial charge in [-0.25, -0.2) is 8.78 Å². The van der Waals surface area contributed by atoms with E-state index in [9.17, 15) is 9.90 Å². The monoisotopic (exact) mass is 532 g/mol. The maximum Gasteiger partial charge on any atom is 0.303 e. The number of carbonyl (C=O) groups is 1. The van der Waals surface area contributed by atoms with Crippen molar-refractivity contribution in [2.45, 2.75) is 58.5 Å². The molecule has 204 valence electrons. The van der Waals surface area contributed by atoms with E-state index in [2.05, 4.69) is 19.9 Å². The lowest BCUT2D eigenvalue weighted by Crippen LogP contribution is -2.11. The van der Waals surface area contributed by atoms with E-state index in [1.54, 1.807) is 24.3 Å². The van der Waals surface area contributed by atoms with Gasteiger partial charge in [-0.05, 0) is 108 Å². The molecule has 2 aliphatic carbocycles. The van der Waals surface area contributed by atoms with Gasteiger partial charge in [0.05, 0.1) is 13.5 Å². The van der Waals surface area contributed by atoms with Crippen LogP contribution in [0.5, 0.6) is 11.5 Å². The van der Waals surface area contributed by atoms with E-state index in [0.29, 0.717) is 28.5 Å². The molecule has 1 fully saturated rings. The molecule has 5 rings (SSSR count). The Labute approximate surface area is 228 Å². The van der Waals surface area contributed by atoms with Gasteiger partial charge in [0.15, 0.2) is 0 Å². The molecule has 0 unspecified atom stereocenters. The molecule has 0 saturated heterocycles. The number of halogens is 2. The van der Waals surface area contributed by atoms with Crippen LogP contribution in [0.25, 0.3) is 16.7 Å². The molecule has 39 heavy (non-hydrogen) atoms. The summed E-state index contributed by atoms with van der Waals surface area (Å²) in [7, 11) is 1.52. The molecular formula is C33H34F2O4. The molecule has 4 nitrogen and oxygen atoms in total. The zero-order chi connectivity index (χ0) is 27.7. The first kappa shape index (κ1) is 26.9. The fourth-order valence-corrected chi connectivity index (χ4v) is 5.71. The third-order valence-corrected chi connectivity index (χ3v) is 8.05. The number of allylic oxidation sites excluding steroid dienone is 2. The third-order valence-electron chi connectivity index (χ3n) is 8.05. The van der Waals surface area contributed by atoms with E-state index in [4.69, 9.17) is 9.47 Å². The Morgan fingerprint density at radius 1 is 1.00 bits per heavy atom. The SMILES string of the molecule is COc1ccc(F)c(-c2cc(F)c(COc3cccc([C@@H](CC(=O)O)C4CC4)c3)cc2C2=CCCC2(C)C)c1. The minimum absolute atomic E-state index is 0.0100. The summed E-state index contributed by atoms with van der Waals surface area (Å²) in [5, 5.41) is 9.37. The minimum Gasteiger partial charge on any atom is -0.497 e. The summed E-state index contributed by atoms with van der Waals surface area (Å²) in [6.07, 6.45) is 6.16. The van der Waals surface area contributed by atoms with Gasteiger partial charge in [-0.1, -0.05) is 32.1 Å². The van der Waals surface area contributed by atoms with Crippen molar-refractivity contribution in [3.63, 3.8) is 0 Å². The average molecular weight is 533 g/mol. The topological polar surface area (TPSA) is 55.8 Å². The van der Waals surface area contributed by atoms with Gasteiger partial charge in [-0.15, -0.1) is 0 Å². The van der Waals surface area contributed by atoms with Gasteiger partial charge in [0, 0.05) is 11.1 Å². The number of methoxy groups -OCH3 is 1. The van der Waals surface area contributed by atoms with Crippen molar-refractivity contribution >= 4 is 11.5 Å². The van der Waals surface area contributed by atoms with Gasteiger partial charge in [0.2, 0.25) is 0 Å². The second kappa shape index (κ2) is 10.8. The summed E-state index contributed by atoms with van der Waals surface area (Å²) in [6, 6.07) is 15.1. The number of hydrogen-bond acceptors (Lipinski definition) is 3. The predicted octanol–water partition coefficient (Wildman–Crippen LogP) is 8.39. The molecule has 3 aromatic carbocycles. The standard InChI is InChI=1S/C33H34F2O4/c1-33(2)13-5-8-29(33)27-15-22(31(35)17-26(27)28-16-23(38-3)11-12-30(28)34)19-39-24-7-4-6-21(14-24)25(18-32(36)37)20-9-10-20/h4,6-8,11-12,14-17,20,25H,5,9-10,13,18-19H2,1-3H3,(H,36,37)/t25-/m0/s1. The highest BCUT2D eigenvalue weighted by atomic mass is 19.1. The predicted molar refractivity (Wildman–Crippen MR) is 148 cm³/mol. The number of carboxylic acid groups (broad SMARTS) is 1. The molecule has 0 amide bonds. The normalized spacial score (nSPS) is 17.0. The van der Waals surface area contributed by atoms with Gasteiger partial charge < -0.3 is 14.6 Å². The van der Waals surface area contributed by atoms with E-state index in [1.807, 2.05) is 18.2 Å². The molecule has 0 heterocycles. The zero-order valence-corrected chi connectivity index (χ0v) is 22.6. The number of carboxylic acids is 1.